The number of aryl methyl sites for hydroxylation is 1. The average Bonchev–Trinajstić information content (AvgIpc) is 3.00. The summed E-state index contributed by atoms with van der Waals surface area (Å²) in [5.74, 6) is 1.08. The Morgan fingerprint density at radius 2 is 2.07 bits per heavy atom. The monoisotopic (exact) mass is 370 g/mol. The minimum Gasteiger partial charge on any atom is -0.426 e. The second-order valence-corrected chi connectivity index (χ2v) is 6.19. The van der Waals surface area contributed by atoms with Crippen molar-refractivity contribution in [3.8, 4) is 5.75 Å². The van der Waals surface area contributed by atoms with Crippen LogP contribution in [0, 0.1) is 0 Å². The van der Waals surface area contributed by atoms with E-state index < -0.39 is 0 Å². The molecule has 2 aromatic heterocycles. The summed E-state index contributed by atoms with van der Waals surface area (Å²) in [6.07, 6.45) is 0. The fourth-order valence-corrected chi connectivity index (χ4v) is 2.45. The minimum absolute atomic E-state index is 0.0408. The van der Waals surface area contributed by atoms with Crippen molar-refractivity contribution in [3.63, 3.8) is 0 Å². The highest BCUT2D eigenvalue weighted by atomic mass is 16.5. The van der Waals surface area contributed by atoms with Crippen LogP contribution in [-0.2, 0) is 18.4 Å². The van der Waals surface area contributed by atoms with Gasteiger partial charge in [0.05, 0.1) is 0 Å². The number of carbonyl (C=O) groups excluding carboxylic acids is 1. The SMILES string of the molecule is CC(=O)Oc1ccccc1CNc1nc(NCC(C)N)nc2c1nnn2C. The summed E-state index contributed by atoms with van der Waals surface area (Å²) >= 11 is 0. The Hall–Kier alpha value is -3.27. The molecular formula is C17H22N8O2. The first-order valence-corrected chi connectivity index (χ1v) is 8.51. The van der Waals surface area contributed by atoms with E-state index in [1.54, 1.807) is 17.8 Å². The number of hydrogen-bond donors (Lipinski definition) is 3. The van der Waals surface area contributed by atoms with Gasteiger partial charge in [-0.2, -0.15) is 9.97 Å². The predicted molar refractivity (Wildman–Crippen MR) is 101 cm³/mol. The number of carbonyl (C=O) groups is 1. The van der Waals surface area contributed by atoms with Crippen LogP contribution in [0.15, 0.2) is 24.3 Å². The first kappa shape index (κ1) is 18.5. The second-order valence-electron chi connectivity index (χ2n) is 6.19. The number of nitrogens with two attached hydrogens (primary N) is 1. The molecule has 3 aromatic rings. The van der Waals surface area contributed by atoms with E-state index >= 15 is 0 Å². The van der Waals surface area contributed by atoms with Gasteiger partial charge in [-0.1, -0.05) is 23.4 Å². The van der Waals surface area contributed by atoms with Crippen LogP contribution in [0.2, 0.25) is 0 Å². The van der Waals surface area contributed by atoms with Gasteiger partial charge in [0.15, 0.2) is 17.0 Å². The molecule has 0 radical (unpaired) electrons. The van der Waals surface area contributed by atoms with Crippen LogP contribution in [0.25, 0.3) is 11.2 Å². The molecule has 0 bridgehead atoms. The Balaban J connectivity index is 1.87. The third-order valence-electron chi connectivity index (χ3n) is 3.71. The molecule has 0 amide bonds. The quantitative estimate of drug-likeness (QED) is 0.412. The van der Waals surface area contributed by atoms with Crippen LogP contribution in [0.5, 0.6) is 5.75 Å². The number of esters is 1. The van der Waals surface area contributed by atoms with E-state index in [1.165, 1.54) is 6.92 Å². The molecule has 0 fully saturated rings. The zero-order valence-corrected chi connectivity index (χ0v) is 15.4. The molecule has 0 aliphatic carbocycles. The van der Waals surface area contributed by atoms with E-state index in [-0.39, 0.29) is 12.0 Å². The number of rotatable bonds is 7. The van der Waals surface area contributed by atoms with E-state index in [0.29, 0.717) is 41.8 Å². The molecule has 0 saturated carbocycles. The molecule has 1 atom stereocenters. The zero-order chi connectivity index (χ0) is 19.4. The van der Waals surface area contributed by atoms with Crippen molar-refractivity contribution >= 4 is 28.9 Å². The maximum absolute atomic E-state index is 11.3. The lowest BCUT2D eigenvalue weighted by atomic mass is 10.2. The van der Waals surface area contributed by atoms with Gasteiger partial charge < -0.3 is 21.1 Å². The lowest BCUT2D eigenvalue weighted by Crippen LogP contribution is -2.26. The summed E-state index contributed by atoms with van der Waals surface area (Å²) in [6, 6.07) is 7.25. The van der Waals surface area contributed by atoms with Gasteiger partial charge in [-0.3, -0.25) is 4.79 Å². The van der Waals surface area contributed by atoms with Gasteiger partial charge in [-0.15, -0.1) is 5.10 Å². The van der Waals surface area contributed by atoms with E-state index in [9.17, 15) is 4.79 Å². The standard InChI is InChI=1S/C17H22N8O2/c1-10(18)8-20-17-21-15(14-16(22-17)25(3)24-23-14)19-9-12-6-4-5-7-13(12)27-11(2)26/h4-7,10H,8-9,18H2,1-3H3,(H2,19,20,21,22). The molecule has 4 N–H and O–H groups in total. The lowest BCUT2D eigenvalue weighted by Gasteiger charge is -2.12. The summed E-state index contributed by atoms with van der Waals surface area (Å²) in [5.41, 5.74) is 7.74. The number of para-hydroxylation sites is 1. The smallest absolute Gasteiger partial charge is 0.308 e. The molecule has 142 valence electrons. The molecule has 0 aliphatic rings. The number of nitrogens with zero attached hydrogens (tertiary/aromatic N) is 5. The summed E-state index contributed by atoms with van der Waals surface area (Å²) in [7, 11) is 1.76. The maximum atomic E-state index is 11.3. The highest BCUT2D eigenvalue weighted by Crippen LogP contribution is 2.23. The van der Waals surface area contributed by atoms with Crippen molar-refractivity contribution in [2.45, 2.75) is 26.4 Å². The van der Waals surface area contributed by atoms with E-state index in [4.69, 9.17) is 10.5 Å². The fraction of sp³-hybridized carbons (Fsp3) is 0.353. The molecule has 0 aliphatic heterocycles. The second kappa shape index (κ2) is 7.96. The molecule has 3 rings (SSSR count). The first-order chi connectivity index (χ1) is 12.9. The number of hydrogen-bond acceptors (Lipinski definition) is 9. The highest BCUT2D eigenvalue weighted by Gasteiger charge is 2.14. The Morgan fingerprint density at radius 3 is 2.81 bits per heavy atom. The molecule has 10 heteroatoms. The number of fused-ring (bicyclic) bond motifs is 1. The molecular weight excluding hydrogens is 348 g/mol. The summed E-state index contributed by atoms with van der Waals surface area (Å²) in [6.45, 7) is 4.18. The number of nitrogens with one attached hydrogen (secondary N) is 2. The van der Waals surface area contributed by atoms with Gasteiger partial charge in [-0.25, -0.2) is 4.68 Å². The number of benzene rings is 1. The fourth-order valence-electron chi connectivity index (χ4n) is 2.45. The largest absolute Gasteiger partial charge is 0.426 e. The molecule has 2 heterocycles. The summed E-state index contributed by atoms with van der Waals surface area (Å²) in [4.78, 5) is 20.2. The lowest BCUT2D eigenvalue weighted by molar-refractivity contribution is -0.131. The molecule has 10 nitrogen and oxygen atoms in total. The van der Waals surface area contributed by atoms with Crippen LogP contribution in [0.4, 0.5) is 11.8 Å². The van der Waals surface area contributed by atoms with Crippen molar-refractivity contribution in [1.82, 2.24) is 25.0 Å². The van der Waals surface area contributed by atoms with Crippen LogP contribution in [-0.4, -0.2) is 43.5 Å². The van der Waals surface area contributed by atoms with Gasteiger partial charge in [0.1, 0.15) is 5.75 Å². The maximum Gasteiger partial charge on any atom is 0.308 e. The van der Waals surface area contributed by atoms with Gasteiger partial charge in [-0.05, 0) is 13.0 Å². The molecule has 0 spiro atoms. The predicted octanol–water partition coefficient (Wildman–Crippen LogP) is 1.05. The van der Waals surface area contributed by atoms with Gasteiger partial charge >= 0.3 is 5.97 Å². The van der Waals surface area contributed by atoms with Gasteiger partial charge in [0, 0.05) is 38.7 Å². The van der Waals surface area contributed by atoms with Crippen LogP contribution >= 0.6 is 0 Å². The Labute approximate surface area is 156 Å². The van der Waals surface area contributed by atoms with Crippen LogP contribution in [0.3, 0.4) is 0 Å². The Bertz CT molecular complexity index is 953. The number of ether oxygens (including phenoxy) is 1. The van der Waals surface area contributed by atoms with Crippen molar-refractivity contribution in [3.05, 3.63) is 29.8 Å². The summed E-state index contributed by atoms with van der Waals surface area (Å²) < 4.78 is 6.82. The third kappa shape index (κ3) is 4.47. The summed E-state index contributed by atoms with van der Waals surface area (Å²) in [5, 5.41) is 14.5. The van der Waals surface area contributed by atoms with Crippen molar-refractivity contribution < 1.29 is 9.53 Å². The Kier molecular flexibility index (Phi) is 5.46. The van der Waals surface area contributed by atoms with Gasteiger partial charge in [0.2, 0.25) is 5.95 Å². The average molecular weight is 370 g/mol. The topological polar surface area (TPSA) is 133 Å². The Morgan fingerprint density at radius 1 is 1.30 bits per heavy atom. The normalized spacial score (nSPS) is 12.0. The van der Waals surface area contributed by atoms with Crippen molar-refractivity contribution in [2.24, 2.45) is 12.8 Å². The molecule has 0 saturated heterocycles. The number of anilines is 2. The zero-order valence-electron chi connectivity index (χ0n) is 15.4. The number of aromatic nitrogens is 5. The highest BCUT2D eigenvalue weighted by molar-refractivity contribution is 5.83. The molecule has 1 aromatic carbocycles. The first-order valence-electron chi connectivity index (χ1n) is 8.51. The third-order valence-corrected chi connectivity index (χ3v) is 3.71. The molecule has 27 heavy (non-hydrogen) atoms. The van der Waals surface area contributed by atoms with E-state index in [2.05, 4.69) is 30.9 Å². The van der Waals surface area contributed by atoms with E-state index in [1.807, 2.05) is 25.1 Å². The van der Waals surface area contributed by atoms with Crippen LogP contribution < -0.4 is 21.1 Å². The van der Waals surface area contributed by atoms with Crippen molar-refractivity contribution in [2.75, 3.05) is 17.2 Å². The van der Waals surface area contributed by atoms with Crippen molar-refractivity contribution in [1.29, 1.82) is 0 Å². The van der Waals surface area contributed by atoms with Crippen LogP contribution in [0.1, 0.15) is 19.4 Å². The molecule has 1 unspecified atom stereocenters. The van der Waals surface area contributed by atoms with E-state index in [0.717, 1.165) is 5.56 Å². The minimum atomic E-state index is -0.372. The van der Waals surface area contributed by atoms with Gasteiger partial charge in [0.25, 0.3) is 0 Å².